The maximum Gasteiger partial charge on any atom is 0.147 e. The van der Waals surface area contributed by atoms with Gasteiger partial charge in [0, 0.05) is 14.8 Å². The van der Waals surface area contributed by atoms with E-state index < -0.39 is 0 Å². The van der Waals surface area contributed by atoms with Crippen LogP contribution in [0, 0.1) is 3.57 Å². The summed E-state index contributed by atoms with van der Waals surface area (Å²) < 4.78 is 1.01. The molecule has 0 amide bonds. The van der Waals surface area contributed by atoms with Gasteiger partial charge >= 0.3 is 0 Å². The number of hydrogen-bond donors (Lipinski definition) is 1. The molecule has 1 aromatic rings. The van der Waals surface area contributed by atoms with Crippen LogP contribution in [0.5, 0.6) is 0 Å². The van der Waals surface area contributed by atoms with Crippen molar-refractivity contribution in [1.82, 2.24) is 0 Å². The Morgan fingerprint density at radius 1 is 1.62 bits per heavy atom. The van der Waals surface area contributed by atoms with Crippen LogP contribution >= 0.6 is 38.5 Å². The molecule has 0 aliphatic heterocycles. The summed E-state index contributed by atoms with van der Waals surface area (Å²) in [7, 11) is 0. The Bertz CT molecular complexity index is 320. The molecule has 1 aromatic carbocycles. The SMILES string of the molecule is CC(=O)C(Br)c1c(N)cccc1I. The van der Waals surface area contributed by atoms with Gasteiger partial charge in [-0.3, -0.25) is 4.79 Å². The van der Waals surface area contributed by atoms with Gasteiger partial charge in [0.05, 0.1) is 0 Å². The van der Waals surface area contributed by atoms with E-state index in [-0.39, 0.29) is 10.6 Å². The van der Waals surface area contributed by atoms with Crippen molar-refractivity contribution in [3.8, 4) is 0 Å². The summed E-state index contributed by atoms with van der Waals surface area (Å²) in [6, 6.07) is 5.61. The largest absolute Gasteiger partial charge is 0.398 e. The molecule has 1 atom stereocenters. The molecule has 0 saturated heterocycles. The highest BCUT2D eigenvalue weighted by molar-refractivity contribution is 14.1. The zero-order chi connectivity index (χ0) is 10.0. The number of carbonyl (C=O) groups excluding carboxylic acids is 1. The Balaban J connectivity index is 3.20. The number of rotatable bonds is 2. The van der Waals surface area contributed by atoms with Crippen molar-refractivity contribution in [2.75, 3.05) is 5.73 Å². The van der Waals surface area contributed by atoms with Crippen LogP contribution < -0.4 is 5.73 Å². The van der Waals surface area contributed by atoms with Crippen LogP contribution in [-0.4, -0.2) is 5.78 Å². The minimum atomic E-state index is -0.291. The lowest BCUT2D eigenvalue weighted by atomic mass is 10.1. The summed E-state index contributed by atoms with van der Waals surface area (Å²) in [5, 5.41) is 0. The smallest absolute Gasteiger partial charge is 0.147 e. The van der Waals surface area contributed by atoms with Crippen molar-refractivity contribution < 1.29 is 4.79 Å². The van der Waals surface area contributed by atoms with Crippen molar-refractivity contribution in [3.63, 3.8) is 0 Å². The first-order valence-electron chi connectivity index (χ1n) is 3.72. The van der Waals surface area contributed by atoms with Gasteiger partial charge in [-0.25, -0.2) is 0 Å². The Labute approximate surface area is 99.2 Å². The molecule has 0 aliphatic rings. The maximum atomic E-state index is 11.1. The van der Waals surface area contributed by atoms with Crippen molar-refractivity contribution in [2.24, 2.45) is 0 Å². The highest BCUT2D eigenvalue weighted by Gasteiger charge is 2.17. The van der Waals surface area contributed by atoms with E-state index in [4.69, 9.17) is 5.73 Å². The number of alkyl halides is 1. The summed E-state index contributed by atoms with van der Waals surface area (Å²) in [5.41, 5.74) is 7.30. The van der Waals surface area contributed by atoms with E-state index in [1.165, 1.54) is 0 Å². The van der Waals surface area contributed by atoms with E-state index in [0.29, 0.717) is 5.69 Å². The molecular formula is C9H9BrINO. The predicted molar refractivity (Wildman–Crippen MR) is 65.9 cm³/mol. The van der Waals surface area contributed by atoms with Gasteiger partial charge in [0.15, 0.2) is 0 Å². The number of carbonyl (C=O) groups is 1. The van der Waals surface area contributed by atoms with Gasteiger partial charge in [-0.05, 0) is 41.6 Å². The number of benzene rings is 1. The molecule has 0 bridgehead atoms. The molecule has 0 saturated carbocycles. The average molecular weight is 354 g/mol. The molecule has 4 heteroatoms. The minimum absolute atomic E-state index is 0.0656. The first-order valence-corrected chi connectivity index (χ1v) is 5.72. The van der Waals surface area contributed by atoms with E-state index in [1.54, 1.807) is 13.0 Å². The van der Waals surface area contributed by atoms with E-state index in [0.717, 1.165) is 9.13 Å². The summed E-state index contributed by atoms with van der Waals surface area (Å²) in [5.74, 6) is 0.0656. The number of nitrogens with two attached hydrogens (primary N) is 1. The second-order valence-corrected chi connectivity index (χ2v) is 4.79. The van der Waals surface area contributed by atoms with Crippen LogP contribution in [0.25, 0.3) is 0 Å². The summed E-state index contributed by atoms with van der Waals surface area (Å²) in [4.78, 5) is 10.9. The van der Waals surface area contributed by atoms with E-state index in [1.807, 2.05) is 12.1 Å². The molecule has 2 nitrogen and oxygen atoms in total. The number of hydrogen-bond acceptors (Lipinski definition) is 2. The van der Waals surface area contributed by atoms with Gasteiger partial charge in [0.25, 0.3) is 0 Å². The normalized spacial score (nSPS) is 12.5. The van der Waals surface area contributed by atoms with Crippen LogP contribution in [-0.2, 0) is 4.79 Å². The monoisotopic (exact) mass is 353 g/mol. The van der Waals surface area contributed by atoms with Crippen LogP contribution in [0.3, 0.4) is 0 Å². The van der Waals surface area contributed by atoms with Gasteiger partial charge in [0.1, 0.15) is 10.6 Å². The standard InChI is InChI=1S/C9H9BrINO/c1-5(13)9(10)8-6(11)3-2-4-7(8)12/h2-4,9H,12H2,1H3. The predicted octanol–water partition coefficient (Wildman–Crippen LogP) is 2.90. The van der Waals surface area contributed by atoms with Gasteiger partial charge in [-0.1, -0.05) is 22.0 Å². The van der Waals surface area contributed by atoms with Crippen molar-refractivity contribution in [2.45, 2.75) is 11.8 Å². The molecular weight excluding hydrogens is 345 g/mol. The van der Waals surface area contributed by atoms with E-state index in [2.05, 4.69) is 38.5 Å². The molecule has 2 N–H and O–H groups in total. The van der Waals surface area contributed by atoms with Gasteiger partial charge in [-0.2, -0.15) is 0 Å². The Kier molecular flexibility index (Phi) is 3.73. The molecule has 0 radical (unpaired) electrons. The number of anilines is 1. The van der Waals surface area contributed by atoms with Crippen LogP contribution in [0.1, 0.15) is 17.3 Å². The summed E-state index contributed by atoms with van der Waals surface area (Å²) in [6.45, 7) is 1.54. The van der Waals surface area contributed by atoms with E-state index in [9.17, 15) is 4.79 Å². The van der Waals surface area contributed by atoms with Crippen molar-refractivity contribution >= 4 is 50.0 Å². The highest BCUT2D eigenvalue weighted by atomic mass is 127. The van der Waals surface area contributed by atoms with Crippen molar-refractivity contribution in [3.05, 3.63) is 27.3 Å². The fraction of sp³-hybridized carbons (Fsp3) is 0.222. The van der Waals surface area contributed by atoms with Gasteiger partial charge in [-0.15, -0.1) is 0 Å². The molecule has 0 fully saturated rings. The molecule has 1 unspecified atom stereocenters. The Hall–Kier alpha value is -0.100. The van der Waals surface area contributed by atoms with Crippen LogP contribution in [0.4, 0.5) is 5.69 Å². The molecule has 0 aliphatic carbocycles. The summed E-state index contributed by atoms with van der Waals surface area (Å²) in [6.07, 6.45) is 0. The second-order valence-electron chi connectivity index (χ2n) is 2.72. The fourth-order valence-corrected chi connectivity index (χ4v) is 2.79. The third-order valence-electron chi connectivity index (χ3n) is 1.70. The number of Topliss-reactive ketones (excluding diaryl/α,β-unsaturated/α-hetero) is 1. The lowest BCUT2D eigenvalue weighted by Crippen LogP contribution is -2.06. The van der Waals surface area contributed by atoms with E-state index >= 15 is 0 Å². The molecule has 13 heavy (non-hydrogen) atoms. The molecule has 0 heterocycles. The third kappa shape index (κ3) is 2.43. The maximum absolute atomic E-state index is 11.1. The highest BCUT2D eigenvalue weighted by Crippen LogP contribution is 2.32. The lowest BCUT2D eigenvalue weighted by Gasteiger charge is -2.11. The number of halogens is 2. The summed E-state index contributed by atoms with van der Waals surface area (Å²) >= 11 is 5.49. The first kappa shape index (κ1) is 11.0. The molecule has 0 aromatic heterocycles. The molecule has 0 spiro atoms. The lowest BCUT2D eigenvalue weighted by molar-refractivity contribution is -0.116. The molecule has 70 valence electrons. The fourth-order valence-electron chi connectivity index (χ4n) is 1.02. The zero-order valence-corrected chi connectivity index (χ0v) is 10.8. The number of nitrogen functional groups attached to an aromatic ring is 1. The van der Waals surface area contributed by atoms with Crippen LogP contribution in [0.2, 0.25) is 0 Å². The topological polar surface area (TPSA) is 43.1 Å². The first-order chi connectivity index (χ1) is 6.04. The second kappa shape index (κ2) is 4.41. The Morgan fingerprint density at radius 2 is 2.23 bits per heavy atom. The number of ketones is 1. The van der Waals surface area contributed by atoms with Crippen LogP contribution in [0.15, 0.2) is 18.2 Å². The zero-order valence-electron chi connectivity index (χ0n) is 7.05. The van der Waals surface area contributed by atoms with Gasteiger partial charge in [0.2, 0.25) is 0 Å². The van der Waals surface area contributed by atoms with Gasteiger partial charge < -0.3 is 5.73 Å². The quantitative estimate of drug-likeness (QED) is 0.504. The minimum Gasteiger partial charge on any atom is -0.398 e. The third-order valence-corrected chi connectivity index (χ3v) is 3.74. The Morgan fingerprint density at radius 3 is 2.69 bits per heavy atom. The van der Waals surface area contributed by atoms with Crippen molar-refractivity contribution in [1.29, 1.82) is 0 Å². The average Bonchev–Trinajstić information content (AvgIpc) is 2.03. The molecule has 1 rings (SSSR count).